The minimum Gasteiger partial charge on any atom is -0.370 e. The standard InChI is InChI=1S/C18H19N3O2/c22-21(23)15-7-8-17(20-12-15)19-11-14-10-18(14)9-3-5-13-4-1-2-6-16(13)18/h1-2,4,6-8,12,14H,3,5,9-11H2,(H,19,20). The van der Waals surface area contributed by atoms with Crippen LogP contribution in [0.3, 0.4) is 0 Å². The van der Waals surface area contributed by atoms with Gasteiger partial charge in [0.2, 0.25) is 0 Å². The first kappa shape index (κ1) is 14.2. The summed E-state index contributed by atoms with van der Waals surface area (Å²) in [5, 5.41) is 14.0. The van der Waals surface area contributed by atoms with Crippen LogP contribution in [-0.4, -0.2) is 16.5 Å². The molecule has 2 aliphatic rings. The third-order valence-electron chi connectivity index (χ3n) is 5.34. The van der Waals surface area contributed by atoms with Gasteiger partial charge in [-0.1, -0.05) is 24.3 Å². The molecule has 1 aromatic carbocycles. The topological polar surface area (TPSA) is 68.1 Å². The third kappa shape index (κ3) is 2.46. The summed E-state index contributed by atoms with van der Waals surface area (Å²) in [4.78, 5) is 14.4. The molecule has 23 heavy (non-hydrogen) atoms. The van der Waals surface area contributed by atoms with Crippen molar-refractivity contribution in [2.45, 2.75) is 31.1 Å². The van der Waals surface area contributed by atoms with Crippen LogP contribution in [-0.2, 0) is 11.8 Å². The molecule has 2 unspecified atom stereocenters. The number of pyridine rings is 1. The van der Waals surface area contributed by atoms with Crippen molar-refractivity contribution in [1.29, 1.82) is 0 Å². The van der Waals surface area contributed by atoms with E-state index in [1.165, 1.54) is 49.1 Å². The second kappa shape index (κ2) is 5.33. The first-order chi connectivity index (χ1) is 11.2. The Hall–Kier alpha value is -2.43. The molecule has 2 aliphatic carbocycles. The number of nitrogens with zero attached hydrogens (tertiary/aromatic N) is 2. The molecule has 2 atom stereocenters. The Morgan fingerprint density at radius 3 is 2.96 bits per heavy atom. The number of nitro groups is 1. The molecule has 4 rings (SSSR count). The van der Waals surface area contributed by atoms with Crippen LogP contribution in [0.15, 0.2) is 42.6 Å². The lowest BCUT2D eigenvalue weighted by Crippen LogP contribution is -2.21. The predicted octanol–water partition coefficient (Wildman–Crippen LogP) is 3.70. The molecule has 1 aromatic heterocycles. The highest BCUT2D eigenvalue weighted by molar-refractivity contribution is 5.45. The summed E-state index contributed by atoms with van der Waals surface area (Å²) in [5.41, 5.74) is 3.42. The van der Waals surface area contributed by atoms with Crippen LogP contribution in [0.25, 0.3) is 0 Å². The number of benzene rings is 1. The molecule has 1 N–H and O–H groups in total. The van der Waals surface area contributed by atoms with Crippen molar-refractivity contribution in [2.24, 2.45) is 5.92 Å². The monoisotopic (exact) mass is 309 g/mol. The number of fused-ring (bicyclic) bond motifs is 2. The molecule has 0 saturated heterocycles. The van der Waals surface area contributed by atoms with Gasteiger partial charge in [-0.05, 0) is 48.8 Å². The number of aryl methyl sites for hydroxylation is 1. The number of hydrogen-bond acceptors (Lipinski definition) is 4. The molecular weight excluding hydrogens is 290 g/mol. The van der Waals surface area contributed by atoms with Crippen LogP contribution in [0.5, 0.6) is 0 Å². The van der Waals surface area contributed by atoms with E-state index in [4.69, 9.17) is 0 Å². The van der Waals surface area contributed by atoms with Gasteiger partial charge in [-0.15, -0.1) is 0 Å². The van der Waals surface area contributed by atoms with Gasteiger partial charge in [0, 0.05) is 18.0 Å². The summed E-state index contributed by atoms with van der Waals surface area (Å²) >= 11 is 0. The highest BCUT2D eigenvalue weighted by atomic mass is 16.6. The van der Waals surface area contributed by atoms with Crippen molar-refractivity contribution in [1.82, 2.24) is 4.98 Å². The SMILES string of the molecule is O=[N+]([O-])c1ccc(NCC2CC23CCCc2ccccc23)nc1. The van der Waals surface area contributed by atoms with E-state index in [2.05, 4.69) is 34.6 Å². The number of hydrogen-bond donors (Lipinski definition) is 1. The normalized spacial score (nSPS) is 25.0. The minimum absolute atomic E-state index is 0.0275. The number of rotatable bonds is 4. The Kier molecular flexibility index (Phi) is 3.29. The lowest BCUT2D eigenvalue weighted by molar-refractivity contribution is -0.385. The molecule has 5 heteroatoms. The molecule has 1 spiro atoms. The van der Waals surface area contributed by atoms with Crippen molar-refractivity contribution in [2.75, 3.05) is 11.9 Å². The van der Waals surface area contributed by atoms with Crippen LogP contribution >= 0.6 is 0 Å². The fourth-order valence-electron chi connectivity index (χ4n) is 4.06. The number of nitrogens with one attached hydrogen (secondary N) is 1. The van der Waals surface area contributed by atoms with E-state index in [0.717, 1.165) is 6.54 Å². The van der Waals surface area contributed by atoms with E-state index in [0.29, 0.717) is 17.2 Å². The number of anilines is 1. The lowest BCUT2D eigenvalue weighted by atomic mass is 9.78. The van der Waals surface area contributed by atoms with Crippen molar-refractivity contribution in [3.63, 3.8) is 0 Å². The zero-order chi connectivity index (χ0) is 15.9. The van der Waals surface area contributed by atoms with Gasteiger partial charge < -0.3 is 5.32 Å². The van der Waals surface area contributed by atoms with Crippen LogP contribution in [0.4, 0.5) is 11.5 Å². The average Bonchev–Trinajstić information content (AvgIpc) is 3.27. The fraction of sp³-hybridized carbons (Fsp3) is 0.389. The fourth-order valence-corrected chi connectivity index (χ4v) is 4.06. The second-order valence-corrected chi connectivity index (χ2v) is 6.61. The minimum atomic E-state index is -0.425. The van der Waals surface area contributed by atoms with Gasteiger partial charge in [-0.25, -0.2) is 4.98 Å². The van der Waals surface area contributed by atoms with Gasteiger partial charge >= 0.3 is 0 Å². The zero-order valence-corrected chi connectivity index (χ0v) is 12.9. The van der Waals surface area contributed by atoms with E-state index in [9.17, 15) is 10.1 Å². The third-order valence-corrected chi connectivity index (χ3v) is 5.34. The lowest BCUT2D eigenvalue weighted by Gasteiger charge is -2.26. The Bertz CT molecular complexity index is 744. The molecule has 0 amide bonds. The zero-order valence-electron chi connectivity index (χ0n) is 12.9. The maximum Gasteiger partial charge on any atom is 0.287 e. The molecule has 1 fully saturated rings. The first-order valence-corrected chi connectivity index (χ1v) is 8.12. The van der Waals surface area contributed by atoms with Gasteiger partial charge in [0.05, 0.1) is 4.92 Å². The molecule has 1 saturated carbocycles. The molecule has 0 aliphatic heterocycles. The highest BCUT2D eigenvalue weighted by Crippen LogP contribution is 2.60. The summed E-state index contributed by atoms with van der Waals surface area (Å²) in [5.74, 6) is 1.34. The van der Waals surface area contributed by atoms with E-state index < -0.39 is 4.92 Å². The van der Waals surface area contributed by atoms with E-state index in [1.54, 1.807) is 6.07 Å². The molecule has 118 valence electrons. The van der Waals surface area contributed by atoms with E-state index in [1.807, 2.05) is 0 Å². The first-order valence-electron chi connectivity index (χ1n) is 8.12. The Morgan fingerprint density at radius 1 is 1.30 bits per heavy atom. The average molecular weight is 309 g/mol. The van der Waals surface area contributed by atoms with Gasteiger partial charge in [0.1, 0.15) is 12.0 Å². The van der Waals surface area contributed by atoms with Gasteiger partial charge in [-0.2, -0.15) is 0 Å². The van der Waals surface area contributed by atoms with Crippen molar-refractivity contribution < 1.29 is 4.92 Å². The molecule has 0 bridgehead atoms. The Morgan fingerprint density at radius 2 is 2.17 bits per heavy atom. The smallest absolute Gasteiger partial charge is 0.287 e. The Labute approximate surface area is 134 Å². The van der Waals surface area contributed by atoms with Crippen molar-refractivity contribution in [3.05, 3.63) is 63.8 Å². The summed E-state index contributed by atoms with van der Waals surface area (Å²) in [6.45, 7) is 0.874. The molecular formula is C18H19N3O2. The summed E-state index contributed by atoms with van der Waals surface area (Å²) in [7, 11) is 0. The summed E-state index contributed by atoms with van der Waals surface area (Å²) in [6.07, 6.45) is 6.26. The van der Waals surface area contributed by atoms with Crippen molar-refractivity contribution in [3.8, 4) is 0 Å². The van der Waals surface area contributed by atoms with Gasteiger partial charge in [0.25, 0.3) is 5.69 Å². The summed E-state index contributed by atoms with van der Waals surface area (Å²) in [6, 6.07) is 12.0. The van der Waals surface area contributed by atoms with Gasteiger partial charge in [0.15, 0.2) is 0 Å². The maximum atomic E-state index is 10.7. The van der Waals surface area contributed by atoms with Crippen LogP contribution < -0.4 is 5.32 Å². The van der Waals surface area contributed by atoms with E-state index in [-0.39, 0.29) is 5.69 Å². The largest absolute Gasteiger partial charge is 0.370 e. The van der Waals surface area contributed by atoms with E-state index >= 15 is 0 Å². The van der Waals surface area contributed by atoms with Crippen molar-refractivity contribution >= 4 is 11.5 Å². The highest BCUT2D eigenvalue weighted by Gasteiger charge is 2.55. The second-order valence-electron chi connectivity index (χ2n) is 6.61. The maximum absolute atomic E-state index is 10.7. The summed E-state index contributed by atoms with van der Waals surface area (Å²) < 4.78 is 0. The number of aromatic nitrogens is 1. The molecule has 0 radical (unpaired) electrons. The molecule has 5 nitrogen and oxygen atoms in total. The van der Waals surface area contributed by atoms with Crippen LogP contribution in [0.2, 0.25) is 0 Å². The predicted molar refractivity (Wildman–Crippen MR) is 88.5 cm³/mol. The quantitative estimate of drug-likeness (QED) is 0.691. The van der Waals surface area contributed by atoms with Crippen LogP contribution in [0, 0.1) is 16.0 Å². The van der Waals surface area contributed by atoms with Gasteiger partial charge in [-0.3, -0.25) is 10.1 Å². The Balaban J connectivity index is 1.44. The van der Waals surface area contributed by atoms with Crippen LogP contribution in [0.1, 0.15) is 30.4 Å². The molecule has 2 aromatic rings. The molecule has 1 heterocycles.